The SMILES string of the molecule is CCn1c(CN2CCC[C@@H](C(=O)Nc3ccc(F)cc3)C2)nc2ccccc21. The molecular formula is C22H25FN4O. The lowest BCUT2D eigenvalue weighted by atomic mass is 9.97. The summed E-state index contributed by atoms with van der Waals surface area (Å²) >= 11 is 0. The summed E-state index contributed by atoms with van der Waals surface area (Å²) in [5.74, 6) is 0.669. The predicted molar refractivity (Wildman–Crippen MR) is 108 cm³/mol. The monoisotopic (exact) mass is 380 g/mol. The summed E-state index contributed by atoms with van der Waals surface area (Å²) in [6.45, 7) is 5.42. The van der Waals surface area contributed by atoms with Crippen LogP contribution in [0.15, 0.2) is 48.5 Å². The number of fused-ring (bicyclic) bond motifs is 1. The van der Waals surface area contributed by atoms with Crippen molar-refractivity contribution in [2.24, 2.45) is 5.92 Å². The first-order chi connectivity index (χ1) is 13.6. The van der Waals surface area contributed by atoms with Gasteiger partial charge >= 0.3 is 0 Å². The molecule has 0 spiro atoms. The fraction of sp³-hybridized carbons (Fsp3) is 0.364. The van der Waals surface area contributed by atoms with Gasteiger partial charge in [-0.05, 0) is 62.7 Å². The van der Waals surface area contributed by atoms with Crippen LogP contribution in [0.3, 0.4) is 0 Å². The van der Waals surface area contributed by atoms with E-state index in [1.807, 2.05) is 18.2 Å². The highest BCUT2D eigenvalue weighted by Crippen LogP contribution is 2.22. The zero-order valence-corrected chi connectivity index (χ0v) is 16.1. The molecule has 0 radical (unpaired) electrons. The van der Waals surface area contributed by atoms with Gasteiger partial charge in [-0.2, -0.15) is 0 Å². The topological polar surface area (TPSA) is 50.2 Å². The molecular weight excluding hydrogens is 355 g/mol. The van der Waals surface area contributed by atoms with Gasteiger partial charge in [0, 0.05) is 18.8 Å². The van der Waals surface area contributed by atoms with E-state index in [0.717, 1.165) is 49.3 Å². The van der Waals surface area contributed by atoms with Gasteiger partial charge in [0.05, 0.1) is 23.5 Å². The van der Waals surface area contributed by atoms with Crippen LogP contribution in [0.5, 0.6) is 0 Å². The van der Waals surface area contributed by atoms with Gasteiger partial charge in [-0.25, -0.2) is 9.37 Å². The third-order valence-electron chi connectivity index (χ3n) is 5.40. The number of imidazole rings is 1. The molecule has 5 nitrogen and oxygen atoms in total. The van der Waals surface area contributed by atoms with Crippen LogP contribution in [-0.2, 0) is 17.9 Å². The maximum absolute atomic E-state index is 13.0. The Kier molecular flexibility index (Phi) is 5.39. The number of likely N-dealkylation sites (tertiary alicyclic amines) is 1. The van der Waals surface area contributed by atoms with E-state index in [1.54, 1.807) is 12.1 Å². The maximum atomic E-state index is 13.0. The number of aromatic nitrogens is 2. The molecule has 1 aliphatic rings. The maximum Gasteiger partial charge on any atom is 0.228 e. The van der Waals surface area contributed by atoms with Gasteiger partial charge in [-0.1, -0.05) is 12.1 Å². The lowest BCUT2D eigenvalue weighted by molar-refractivity contribution is -0.121. The van der Waals surface area contributed by atoms with E-state index in [1.165, 1.54) is 12.1 Å². The van der Waals surface area contributed by atoms with Crippen LogP contribution in [0.25, 0.3) is 11.0 Å². The molecule has 2 heterocycles. The highest BCUT2D eigenvalue weighted by atomic mass is 19.1. The molecule has 1 amide bonds. The normalized spacial score (nSPS) is 17.7. The van der Waals surface area contributed by atoms with Gasteiger partial charge in [0.1, 0.15) is 11.6 Å². The molecule has 1 fully saturated rings. The number of piperidine rings is 1. The number of nitrogens with zero attached hydrogens (tertiary/aromatic N) is 3. The Labute approximate surface area is 164 Å². The lowest BCUT2D eigenvalue weighted by Crippen LogP contribution is -2.40. The largest absolute Gasteiger partial charge is 0.327 e. The fourth-order valence-corrected chi connectivity index (χ4v) is 3.99. The number of rotatable bonds is 5. The first-order valence-electron chi connectivity index (χ1n) is 9.87. The van der Waals surface area contributed by atoms with Crippen LogP contribution in [0.2, 0.25) is 0 Å². The van der Waals surface area contributed by atoms with Crippen molar-refractivity contribution in [3.8, 4) is 0 Å². The van der Waals surface area contributed by atoms with Crippen LogP contribution in [0.4, 0.5) is 10.1 Å². The molecule has 0 saturated carbocycles. The fourth-order valence-electron chi connectivity index (χ4n) is 3.99. The Morgan fingerprint density at radius 3 is 2.79 bits per heavy atom. The number of halogens is 1. The van der Waals surface area contributed by atoms with E-state index in [4.69, 9.17) is 4.98 Å². The minimum atomic E-state index is -0.305. The number of para-hydroxylation sites is 2. The number of aryl methyl sites for hydroxylation is 1. The molecule has 1 N–H and O–H groups in total. The molecule has 1 aromatic heterocycles. The molecule has 6 heteroatoms. The average molecular weight is 380 g/mol. The zero-order valence-electron chi connectivity index (χ0n) is 16.1. The van der Waals surface area contributed by atoms with E-state index in [0.29, 0.717) is 12.2 Å². The Balaban J connectivity index is 1.44. The first kappa shape index (κ1) is 18.6. The third-order valence-corrected chi connectivity index (χ3v) is 5.40. The van der Waals surface area contributed by atoms with Gasteiger partial charge in [0.15, 0.2) is 0 Å². The second-order valence-electron chi connectivity index (χ2n) is 7.33. The minimum absolute atomic E-state index is 0.000280. The van der Waals surface area contributed by atoms with Crippen LogP contribution < -0.4 is 5.32 Å². The van der Waals surface area contributed by atoms with Crippen molar-refractivity contribution in [1.29, 1.82) is 0 Å². The van der Waals surface area contributed by atoms with E-state index in [2.05, 4.69) is 27.8 Å². The van der Waals surface area contributed by atoms with Gasteiger partial charge in [0.25, 0.3) is 0 Å². The Morgan fingerprint density at radius 2 is 2.00 bits per heavy atom. The molecule has 1 aliphatic heterocycles. The second kappa shape index (κ2) is 8.10. The van der Waals surface area contributed by atoms with E-state index < -0.39 is 0 Å². The molecule has 2 aromatic carbocycles. The summed E-state index contributed by atoms with van der Waals surface area (Å²) in [5, 5.41) is 2.91. The van der Waals surface area contributed by atoms with Crippen LogP contribution in [-0.4, -0.2) is 33.4 Å². The van der Waals surface area contributed by atoms with Crippen molar-refractivity contribution in [2.75, 3.05) is 18.4 Å². The summed E-state index contributed by atoms with van der Waals surface area (Å²) in [6.07, 6.45) is 1.85. The summed E-state index contributed by atoms with van der Waals surface area (Å²) in [4.78, 5) is 19.8. The number of amides is 1. The molecule has 1 atom stereocenters. The second-order valence-corrected chi connectivity index (χ2v) is 7.33. The molecule has 0 unspecified atom stereocenters. The van der Waals surface area contributed by atoms with Crippen LogP contribution >= 0.6 is 0 Å². The number of carbonyl (C=O) groups excluding carboxylic acids is 1. The molecule has 1 saturated heterocycles. The summed E-state index contributed by atoms with van der Waals surface area (Å²) < 4.78 is 15.3. The molecule has 146 valence electrons. The number of hydrogen-bond acceptors (Lipinski definition) is 3. The molecule has 28 heavy (non-hydrogen) atoms. The number of carbonyl (C=O) groups is 1. The number of hydrogen-bond donors (Lipinski definition) is 1. The molecule has 3 aromatic rings. The number of anilines is 1. The van der Waals surface area contributed by atoms with Crippen molar-refractivity contribution >= 4 is 22.6 Å². The minimum Gasteiger partial charge on any atom is -0.327 e. The van der Waals surface area contributed by atoms with Gasteiger partial charge in [-0.3, -0.25) is 9.69 Å². The standard InChI is InChI=1S/C22H25FN4O/c1-2-27-20-8-4-3-7-19(20)25-21(27)15-26-13-5-6-16(14-26)22(28)24-18-11-9-17(23)10-12-18/h3-4,7-12,16H,2,5-6,13-15H2,1H3,(H,24,28)/t16-/m1/s1. The van der Waals surface area contributed by atoms with Crippen molar-refractivity contribution in [2.45, 2.75) is 32.9 Å². The first-order valence-corrected chi connectivity index (χ1v) is 9.87. The average Bonchev–Trinajstić information content (AvgIpc) is 3.06. The van der Waals surface area contributed by atoms with E-state index in [9.17, 15) is 9.18 Å². The van der Waals surface area contributed by atoms with Crippen molar-refractivity contribution in [3.05, 3.63) is 60.2 Å². The number of benzene rings is 2. The molecule has 0 aliphatic carbocycles. The van der Waals surface area contributed by atoms with Crippen molar-refractivity contribution in [1.82, 2.24) is 14.5 Å². The highest BCUT2D eigenvalue weighted by Gasteiger charge is 2.27. The Bertz CT molecular complexity index is 966. The summed E-state index contributed by atoms with van der Waals surface area (Å²) in [7, 11) is 0. The van der Waals surface area contributed by atoms with Crippen LogP contribution in [0.1, 0.15) is 25.6 Å². The van der Waals surface area contributed by atoms with Gasteiger partial charge < -0.3 is 9.88 Å². The lowest BCUT2D eigenvalue weighted by Gasteiger charge is -2.31. The smallest absolute Gasteiger partial charge is 0.228 e. The quantitative estimate of drug-likeness (QED) is 0.727. The highest BCUT2D eigenvalue weighted by molar-refractivity contribution is 5.92. The van der Waals surface area contributed by atoms with Crippen LogP contribution in [0, 0.1) is 11.7 Å². The third kappa shape index (κ3) is 3.92. The van der Waals surface area contributed by atoms with Crippen molar-refractivity contribution in [3.63, 3.8) is 0 Å². The Morgan fingerprint density at radius 1 is 1.21 bits per heavy atom. The predicted octanol–water partition coefficient (Wildman–Crippen LogP) is 4.05. The van der Waals surface area contributed by atoms with Crippen molar-refractivity contribution < 1.29 is 9.18 Å². The molecule has 4 rings (SSSR count). The molecule has 0 bridgehead atoms. The number of nitrogens with one attached hydrogen (secondary N) is 1. The van der Waals surface area contributed by atoms with E-state index in [-0.39, 0.29) is 17.6 Å². The summed E-state index contributed by atoms with van der Waals surface area (Å²) in [6, 6.07) is 14.1. The summed E-state index contributed by atoms with van der Waals surface area (Å²) in [5.41, 5.74) is 2.81. The Hall–Kier alpha value is -2.73. The van der Waals surface area contributed by atoms with Gasteiger partial charge in [-0.15, -0.1) is 0 Å². The van der Waals surface area contributed by atoms with E-state index >= 15 is 0 Å². The zero-order chi connectivity index (χ0) is 19.5. The van der Waals surface area contributed by atoms with Gasteiger partial charge in [0.2, 0.25) is 5.91 Å².